The molecule has 0 aliphatic carbocycles. The van der Waals surface area contributed by atoms with E-state index >= 15 is 0 Å². The zero-order chi connectivity index (χ0) is 16.9. The van der Waals surface area contributed by atoms with Crippen molar-refractivity contribution in [3.05, 3.63) is 70.8 Å². The molecule has 23 heavy (non-hydrogen) atoms. The number of aliphatic hydroxyl groups excluding tert-OH is 1. The van der Waals surface area contributed by atoms with Crippen molar-refractivity contribution >= 4 is 10.0 Å². The van der Waals surface area contributed by atoms with Crippen molar-refractivity contribution in [3.63, 3.8) is 0 Å². The third kappa shape index (κ3) is 4.89. The molecule has 120 valence electrons. The van der Waals surface area contributed by atoms with Crippen molar-refractivity contribution < 1.29 is 13.5 Å². The molecule has 0 bridgehead atoms. The van der Waals surface area contributed by atoms with Gasteiger partial charge in [0.15, 0.2) is 0 Å². The van der Waals surface area contributed by atoms with Gasteiger partial charge in [0.2, 0.25) is 10.0 Å². The van der Waals surface area contributed by atoms with E-state index in [4.69, 9.17) is 5.26 Å². The lowest BCUT2D eigenvalue weighted by Gasteiger charge is -2.14. The fraction of sp³-hybridized carbons (Fsp3) is 0.235. The van der Waals surface area contributed by atoms with E-state index < -0.39 is 16.1 Å². The minimum Gasteiger partial charge on any atom is -0.387 e. The third-order valence-corrected chi connectivity index (χ3v) is 4.78. The minimum atomic E-state index is -3.59. The normalized spacial score (nSPS) is 12.6. The molecular weight excluding hydrogens is 312 g/mol. The zero-order valence-corrected chi connectivity index (χ0v) is 13.5. The number of nitrogens with zero attached hydrogens (tertiary/aromatic N) is 1. The molecule has 0 unspecified atom stereocenters. The number of hydrogen-bond donors (Lipinski definition) is 2. The molecule has 0 fully saturated rings. The molecule has 0 saturated carbocycles. The number of nitriles is 1. The van der Waals surface area contributed by atoms with Gasteiger partial charge in [-0.3, -0.25) is 0 Å². The van der Waals surface area contributed by atoms with Crippen molar-refractivity contribution in [2.24, 2.45) is 0 Å². The van der Waals surface area contributed by atoms with Crippen LogP contribution in [0.25, 0.3) is 0 Å². The first-order chi connectivity index (χ1) is 10.9. The van der Waals surface area contributed by atoms with Gasteiger partial charge in [-0.15, -0.1) is 0 Å². The van der Waals surface area contributed by atoms with E-state index in [1.54, 1.807) is 30.3 Å². The lowest BCUT2D eigenvalue weighted by Crippen LogP contribution is -2.29. The lowest BCUT2D eigenvalue weighted by molar-refractivity contribution is 0.181. The highest BCUT2D eigenvalue weighted by molar-refractivity contribution is 7.88. The lowest BCUT2D eigenvalue weighted by atomic mass is 10.0. The standard InChI is InChI=1S/C17H18N2O3S/c1-13-5-2-3-8-16(13)17(20)11-19-23(21,22)12-15-7-4-6-14(9-15)10-18/h2-9,17,19-20H,11-12H2,1H3/t17-/m1/s1. The molecule has 5 nitrogen and oxygen atoms in total. The summed E-state index contributed by atoms with van der Waals surface area (Å²) in [4.78, 5) is 0. The van der Waals surface area contributed by atoms with Crippen molar-refractivity contribution in [2.45, 2.75) is 18.8 Å². The summed E-state index contributed by atoms with van der Waals surface area (Å²) in [5, 5.41) is 19.0. The summed E-state index contributed by atoms with van der Waals surface area (Å²) in [6.07, 6.45) is -0.906. The molecule has 2 aromatic carbocycles. The minimum absolute atomic E-state index is 0.0921. The molecule has 0 amide bonds. The summed E-state index contributed by atoms with van der Waals surface area (Å²) >= 11 is 0. The van der Waals surface area contributed by atoms with Gasteiger partial charge in [-0.25, -0.2) is 13.1 Å². The summed E-state index contributed by atoms with van der Waals surface area (Å²) in [6.45, 7) is 1.77. The van der Waals surface area contributed by atoms with Gasteiger partial charge in [0.05, 0.1) is 23.5 Å². The van der Waals surface area contributed by atoms with Crippen molar-refractivity contribution in [3.8, 4) is 6.07 Å². The third-order valence-electron chi connectivity index (χ3n) is 3.46. The molecule has 0 aliphatic rings. The van der Waals surface area contributed by atoms with Crippen LogP contribution in [0.2, 0.25) is 0 Å². The zero-order valence-electron chi connectivity index (χ0n) is 12.7. The predicted molar refractivity (Wildman–Crippen MR) is 87.9 cm³/mol. The fourth-order valence-corrected chi connectivity index (χ4v) is 3.41. The first kappa shape index (κ1) is 17.2. The van der Waals surface area contributed by atoms with Crippen LogP contribution in [0.1, 0.15) is 28.4 Å². The van der Waals surface area contributed by atoms with E-state index in [2.05, 4.69) is 4.72 Å². The second kappa shape index (κ2) is 7.38. The van der Waals surface area contributed by atoms with Gasteiger partial charge >= 0.3 is 0 Å². The predicted octanol–water partition coefficient (Wildman–Crippen LogP) is 2.02. The Bertz CT molecular complexity index is 826. The molecular formula is C17H18N2O3S. The number of nitrogens with one attached hydrogen (secondary N) is 1. The van der Waals surface area contributed by atoms with Crippen LogP contribution in [0.5, 0.6) is 0 Å². The van der Waals surface area contributed by atoms with Gasteiger partial charge < -0.3 is 5.11 Å². The fourth-order valence-electron chi connectivity index (χ4n) is 2.28. The largest absolute Gasteiger partial charge is 0.387 e. The summed E-state index contributed by atoms with van der Waals surface area (Å²) in [5.41, 5.74) is 2.54. The summed E-state index contributed by atoms with van der Waals surface area (Å²) in [5.74, 6) is -0.233. The van der Waals surface area contributed by atoms with Crippen LogP contribution in [0.3, 0.4) is 0 Å². The maximum absolute atomic E-state index is 12.1. The van der Waals surface area contributed by atoms with E-state index in [0.29, 0.717) is 16.7 Å². The molecule has 1 atom stereocenters. The maximum Gasteiger partial charge on any atom is 0.215 e. The Morgan fingerprint density at radius 2 is 1.96 bits per heavy atom. The van der Waals surface area contributed by atoms with Crippen molar-refractivity contribution in [2.75, 3.05) is 6.54 Å². The molecule has 6 heteroatoms. The Hall–Kier alpha value is -2.20. The van der Waals surface area contributed by atoms with Gasteiger partial charge in [0.1, 0.15) is 0 Å². The average molecular weight is 330 g/mol. The van der Waals surface area contributed by atoms with Crippen LogP contribution in [0, 0.1) is 18.3 Å². The number of aryl methyl sites for hydroxylation is 1. The molecule has 0 aliphatic heterocycles. The first-order valence-corrected chi connectivity index (χ1v) is 8.76. The second-order valence-corrected chi connectivity index (χ2v) is 7.10. The van der Waals surface area contributed by atoms with Gasteiger partial charge in [0, 0.05) is 6.54 Å². The van der Waals surface area contributed by atoms with Crippen molar-refractivity contribution in [1.29, 1.82) is 5.26 Å². The highest BCUT2D eigenvalue weighted by atomic mass is 32.2. The Kier molecular flexibility index (Phi) is 5.50. The van der Waals surface area contributed by atoms with E-state index in [-0.39, 0.29) is 12.3 Å². The number of sulfonamides is 1. The van der Waals surface area contributed by atoms with Crippen LogP contribution in [0.4, 0.5) is 0 Å². The quantitative estimate of drug-likeness (QED) is 0.848. The summed E-state index contributed by atoms with van der Waals surface area (Å²) in [7, 11) is -3.59. The van der Waals surface area contributed by atoms with Gasteiger partial charge in [-0.2, -0.15) is 5.26 Å². The van der Waals surface area contributed by atoms with Crippen LogP contribution in [0.15, 0.2) is 48.5 Å². The smallest absolute Gasteiger partial charge is 0.215 e. The molecule has 0 aromatic heterocycles. The average Bonchev–Trinajstić information content (AvgIpc) is 2.53. The molecule has 2 aromatic rings. The van der Waals surface area contributed by atoms with E-state index in [0.717, 1.165) is 5.56 Å². The van der Waals surface area contributed by atoms with Gasteiger partial charge in [-0.1, -0.05) is 36.4 Å². The first-order valence-electron chi connectivity index (χ1n) is 7.11. The number of rotatable bonds is 6. The van der Waals surface area contributed by atoms with Gasteiger partial charge in [-0.05, 0) is 35.7 Å². The van der Waals surface area contributed by atoms with E-state index in [1.165, 1.54) is 6.07 Å². The summed E-state index contributed by atoms with van der Waals surface area (Å²) in [6, 6.07) is 15.7. The van der Waals surface area contributed by atoms with E-state index in [1.807, 2.05) is 25.1 Å². The van der Waals surface area contributed by atoms with Crippen LogP contribution < -0.4 is 4.72 Å². The molecule has 0 radical (unpaired) electrons. The SMILES string of the molecule is Cc1ccccc1[C@H](O)CNS(=O)(=O)Cc1cccc(C#N)c1. The number of aliphatic hydroxyl groups is 1. The topological polar surface area (TPSA) is 90.2 Å². The van der Waals surface area contributed by atoms with Crippen molar-refractivity contribution in [1.82, 2.24) is 4.72 Å². The number of hydrogen-bond acceptors (Lipinski definition) is 4. The monoisotopic (exact) mass is 330 g/mol. The Labute approximate surface area is 136 Å². The second-order valence-electron chi connectivity index (χ2n) is 5.29. The highest BCUT2D eigenvalue weighted by Crippen LogP contribution is 2.17. The van der Waals surface area contributed by atoms with Crippen LogP contribution in [-0.2, 0) is 15.8 Å². The maximum atomic E-state index is 12.1. The summed E-state index contributed by atoms with van der Waals surface area (Å²) < 4.78 is 26.6. The molecule has 2 rings (SSSR count). The molecule has 0 heterocycles. The highest BCUT2D eigenvalue weighted by Gasteiger charge is 2.16. The Morgan fingerprint density at radius 1 is 1.22 bits per heavy atom. The molecule has 0 saturated heterocycles. The Balaban J connectivity index is 2.01. The van der Waals surface area contributed by atoms with E-state index in [9.17, 15) is 13.5 Å². The van der Waals surface area contributed by atoms with Crippen LogP contribution in [-0.4, -0.2) is 20.1 Å². The molecule has 2 N–H and O–H groups in total. The Morgan fingerprint density at radius 3 is 2.65 bits per heavy atom. The molecule has 0 spiro atoms. The number of benzene rings is 2. The van der Waals surface area contributed by atoms with Crippen LogP contribution >= 0.6 is 0 Å². The van der Waals surface area contributed by atoms with Gasteiger partial charge in [0.25, 0.3) is 0 Å².